The van der Waals surface area contributed by atoms with Gasteiger partial charge in [-0.15, -0.1) is 0 Å². The van der Waals surface area contributed by atoms with E-state index in [1.165, 1.54) is 0 Å². The van der Waals surface area contributed by atoms with Gasteiger partial charge in [0.15, 0.2) is 5.82 Å². The predicted molar refractivity (Wildman–Crippen MR) is 92.4 cm³/mol. The fourth-order valence-electron chi connectivity index (χ4n) is 3.05. The monoisotopic (exact) mass is 403 g/mol. The Morgan fingerprint density at radius 3 is 2.30 bits per heavy atom. The van der Waals surface area contributed by atoms with Crippen LogP contribution in [0.5, 0.6) is 0 Å². The Morgan fingerprint density at radius 1 is 1.15 bits per heavy atom. The molecule has 146 valence electrons. The maximum absolute atomic E-state index is 15.0. The first-order valence-electron chi connectivity index (χ1n) is 8.37. The first kappa shape index (κ1) is 20.0. The molecule has 0 unspecified atom stereocenters. The van der Waals surface area contributed by atoms with Gasteiger partial charge in [-0.25, -0.2) is 22.5 Å². The number of alkyl halides is 1. The molecule has 1 fully saturated rings. The summed E-state index contributed by atoms with van der Waals surface area (Å²) in [6.45, 7) is 1.48. The molecule has 1 aliphatic rings. The highest BCUT2D eigenvalue weighted by atomic mass is 35.5. The number of aliphatic hydroxyl groups is 2. The first-order valence-corrected chi connectivity index (χ1v) is 8.75. The number of rotatable bonds is 5. The molecule has 1 atom stereocenters. The molecule has 0 radical (unpaired) electrons. The highest BCUT2D eigenvalue weighted by Gasteiger charge is 2.47. The molecule has 1 saturated carbocycles. The molecule has 0 amide bonds. The number of hydrogen-bond acceptors (Lipinski definition) is 3. The lowest BCUT2D eigenvalue weighted by molar-refractivity contribution is -0.0420. The number of aromatic nitrogens is 1. The van der Waals surface area contributed by atoms with Gasteiger partial charge in [-0.3, -0.25) is 0 Å². The van der Waals surface area contributed by atoms with Crippen LogP contribution in [0.15, 0.2) is 18.2 Å². The highest BCUT2D eigenvalue weighted by molar-refractivity contribution is 6.31. The van der Waals surface area contributed by atoms with E-state index in [4.69, 9.17) is 11.6 Å². The molecule has 1 heterocycles. The summed E-state index contributed by atoms with van der Waals surface area (Å²) < 4.78 is 57.4. The molecule has 0 aliphatic heterocycles. The molecular weight excluding hydrogens is 386 g/mol. The lowest BCUT2D eigenvalue weighted by Crippen LogP contribution is -2.35. The van der Waals surface area contributed by atoms with Crippen LogP contribution >= 0.6 is 11.6 Å². The summed E-state index contributed by atoms with van der Waals surface area (Å²) in [5.41, 5.74) is -5.72. The molecule has 1 aromatic heterocycles. The fourth-order valence-corrected chi connectivity index (χ4v) is 3.21. The van der Waals surface area contributed by atoms with Crippen molar-refractivity contribution in [2.24, 2.45) is 5.92 Å². The van der Waals surface area contributed by atoms with Gasteiger partial charge < -0.3 is 10.2 Å². The zero-order valence-corrected chi connectivity index (χ0v) is 15.4. The number of aliphatic hydroxyl groups excluding tert-OH is 1. The van der Waals surface area contributed by atoms with Crippen LogP contribution in [0.4, 0.5) is 17.6 Å². The van der Waals surface area contributed by atoms with Gasteiger partial charge in [0.25, 0.3) is 0 Å². The minimum absolute atomic E-state index is 0.176. The number of hydrogen-bond donors (Lipinski definition) is 2. The summed E-state index contributed by atoms with van der Waals surface area (Å²) in [5.74, 6) is -3.65. The number of benzene rings is 1. The fraction of sp³-hybridized carbons (Fsp3) is 0.421. The van der Waals surface area contributed by atoms with Crippen molar-refractivity contribution >= 4 is 11.6 Å². The van der Waals surface area contributed by atoms with Crippen LogP contribution in [0.3, 0.4) is 0 Å². The van der Waals surface area contributed by atoms with Gasteiger partial charge in [-0.2, -0.15) is 0 Å². The molecule has 8 heteroatoms. The Hall–Kier alpha value is -1.70. The second kappa shape index (κ2) is 6.72. The quantitative estimate of drug-likeness (QED) is 0.566. The van der Waals surface area contributed by atoms with Crippen molar-refractivity contribution in [2.75, 3.05) is 6.61 Å². The van der Waals surface area contributed by atoms with Gasteiger partial charge in [0.1, 0.15) is 28.6 Å². The zero-order valence-electron chi connectivity index (χ0n) is 14.7. The zero-order chi connectivity index (χ0) is 20.1. The van der Waals surface area contributed by atoms with Crippen LogP contribution in [0.1, 0.15) is 37.9 Å². The topological polar surface area (TPSA) is 53.4 Å². The summed E-state index contributed by atoms with van der Waals surface area (Å²) in [6.07, 6.45) is 1.22. The van der Waals surface area contributed by atoms with Crippen molar-refractivity contribution in [1.82, 2.24) is 4.98 Å². The third kappa shape index (κ3) is 3.56. The Labute approximate surface area is 158 Å². The maximum Gasteiger partial charge on any atom is 0.155 e. The van der Waals surface area contributed by atoms with Gasteiger partial charge in [0.05, 0.1) is 17.3 Å². The second-order valence-electron chi connectivity index (χ2n) is 7.29. The first-order chi connectivity index (χ1) is 12.5. The van der Waals surface area contributed by atoms with Crippen LogP contribution in [0.25, 0.3) is 11.3 Å². The lowest BCUT2D eigenvalue weighted by atomic mass is 9.89. The molecule has 0 bridgehead atoms. The van der Waals surface area contributed by atoms with E-state index in [1.54, 1.807) is 0 Å². The molecule has 2 N–H and O–H groups in total. The summed E-state index contributed by atoms with van der Waals surface area (Å²) >= 11 is 5.68. The van der Waals surface area contributed by atoms with Crippen molar-refractivity contribution in [3.63, 3.8) is 0 Å². The molecule has 27 heavy (non-hydrogen) atoms. The van der Waals surface area contributed by atoms with Crippen molar-refractivity contribution in [1.29, 1.82) is 0 Å². The normalized spacial score (nSPS) is 17.1. The maximum atomic E-state index is 15.0. The van der Waals surface area contributed by atoms with Crippen molar-refractivity contribution in [3.8, 4) is 11.3 Å². The molecule has 3 rings (SSSR count). The van der Waals surface area contributed by atoms with E-state index in [9.17, 15) is 23.4 Å². The Bertz CT molecular complexity index is 896. The largest absolute Gasteiger partial charge is 0.393 e. The SMILES string of the molecule is CC(C)(F)c1cc([C@@](O)(CO)C2CC2)nc(-c2cc(Cl)c(F)cc2F)c1F. The minimum Gasteiger partial charge on any atom is -0.393 e. The van der Waals surface area contributed by atoms with E-state index in [0.29, 0.717) is 18.9 Å². The summed E-state index contributed by atoms with van der Waals surface area (Å²) in [7, 11) is 0. The van der Waals surface area contributed by atoms with Crippen LogP contribution in [0, 0.1) is 23.4 Å². The van der Waals surface area contributed by atoms with Crippen molar-refractivity contribution in [2.45, 2.75) is 38.0 Å². The summed E-state index contributed by atoms with van der Waals surface area (Å²) in [5, 5.41) is 20.0. The lowest BCUT2D eigenvalue weighted by Gasteiger charge is -2.28. The number of pyridine rings is 1. The van der Waals surface area contributed by atoms with Gasteiger partial charge >= 0.3 is 0 Å². The Kier molecular flexibility index (Phi) is 4.99. The molecule has 3 nitrogen and oxygen atoms in total. The average molecular weight is 404 g/mol. The highest BCUT2D eigenvalue weighted by Crippen LogP contribution is 2.46. The van der Waals surface area contributed by atoms with Crippen LogP contribution in [-0.4, -0.2) is 21.8 Å². The molecule has 1 aromatic carbocycles. The number of halogens is 5. The summed E-state index contributed by atoms with van der Waals surface area (Å²) in [4.78, 5) is 3.98. The van der Waals surface area contributed by atoms with Gasteiger partial charge in [0.2, 0.25) is 0 Å². The van der Waals surface area contributed by atoms with E-state index in [0.717, 1.165) is 26.0 Å². The standard InChI is InChI=1S/C19H18ClF4NO2/c1-18(2,24)11-6-15(19(27,8-26)9-3-4-9)25-17(16(11)23)10-5-12(20)14(22)7-13(10)21/h5-7,9,26-27H,3-4,8H2,1-2H3/t19-/m1/s1. The van der Waals surface area contributed by atoms with Gasteiger partial charge in [-0.05, 0) is 44.7 Å². The van der Waals surface area contributed by atoms with Gasteiger partial charge in [-0.1, -0.05) is 11.6 Å². The summed E-state index contributed by atoms with van der Waals surface area (Å²) in [6, 6.07) is 2.37. The van der Waals surface area contributed by atoms with Crippen LogP contribution in [0.2, 0.25) is 5.02 Å². The third-order valence-corrected chi connectivity index (χ3v) is 5.09. The Balaban J connectivity index is 2.31. The van der Waals surface area contributed by atoms with Crippen molar-refractivity contribution in [3.05, 3.63) is 51.9 Å². The van der Waals surface area contributed by atoms with E-state index < -0.39 is 57.2 Å². The van der Waals surface area contributed by atoms with E-state index in [2.05, 4.69) is 4.98 Å². The second-order valence-corrected chi connectivity index (χ2v) is 7.70. The van der Waals surface area contributed by atoms with Crippen LogP contribution in [-0.2, 0) is 11.3 Å². The smallest absolute Gasteiger partial charge is 0.155 e. The van der Waals surface area contributed by atoms with E-state index >= 15 is 4.39 Å². The van der Waals surface area contributed by atoms with Gasteiger partial charge in [0, 0.05) is 17.2 Å². The molecule has 0 saturated heterocycles. The average Bonchev–Trinajstić information content (AvgIpc) is 3.42. The van der Waals surface area contributed by atoms with E-state index in [-0.39, 0.29) is 11.6 Å². The Morgan fingerprint density at radius 2 is 1.78 bits per heavy atom. The third-order valence-electron chi connectivity index (χ3n) is 4.80. The van der Waals surface area contributed by atoms with E-state index in [1.807, 2.05) is 0 Å². The molecule has 0 spiro atoms. The van der Waals surface area contributed by atoms with Crippen LogP contribution < -0.4 is 0 Å². The number of nitrogens with zero attached hydrogens (tertiary/aromatic N) is 1. The minimum atomic E-state index is -2.18. The molecule has 2 aromatic rings. The predicted octanol–water partition coefficient (Wildman–Crippen LogP) is 4.61. The van der Waals surface area contributed by atoms with Crippen molar-refractivity contribution < 1.29 is 27.8 Å². The molecule has 1 aliphatic carbocycles. The molecular formula is C19H18ClF4NO2.